The summed E-state index contributed by atoms with van der Waals surface area (Å²) in [4.78, 5) is 10.2. The van der Waals surface area contributed by atoms with E-state index in [0.717, 1.165) is 67.0 Å². The Hall–Kier alpha value is -7.18. The third-order valence-corrected chi connectivity index (χ3v) is 12.0. The van der Waals surface area contributed by atoms with E-state index in [4.69, 9.17) is 28.9 Å². The molecule has 6 heteroatoms. The summed E-state index contributed by atoms with van der Waals surface area (Å²) in [5, 5.41) is 2.00. The molecule has 59 heavy (non-hydrogen) atoms. The SMILES string of the molecule is COc1ccc(C2(c3ccc(-c4nc(-c5ccccc5)cc(-c5ccccc5)n4)cc3)C=Cc3c4c(c5cc(OC)c(OC)cc5c3O2)-c2ccccc2C4(C)C)cc1. The second-order valence-corrected chi connectivity index (χ2v) is 15.6. The van der Waals surface area contributed by atoms with Crippen molar-refractivity contribution in [2.45, 2.75) is 24.9 Å². The van der Waals surface area contributed by atoms with Crippen molar-refractivity contribution < 1.29 is 18.9 Å². The summed E-state index contributed by atoms with van der Waals surface area (Å²) in [7, 11) is 5.04. The first-order valence-electron chi connectivity index (χ1n) is 19.8. The topological polar surface area (TPSA) is 62.7 Å². The molecule has 1 aliphatic carbocycles. The quantitative estimate of drug-likeness (QED) is 0.153. The maximum absolute atomic E-state index is 7.61. The molecule has 0 amide bonds. The van der Waals surface area contributed by atoms with Gasteiger partial charge in [-0.05, 0) is 64.0 Å². The first-order valence-corrected chi connectivity index (χ1v) is 19.8. The smallest absolute Gasteiger partial charge is 0.178 e. The molecule has 8 aromatic rings. The Kier molecular flexibility index (Phi) is 8.60. The Bertz CT molecular complexity index is 2860. The molecule has 10 rings (SSSR count). The number of rotatable bonds is 8. The number of aromatic nitrogens is 2. The molecule has 0 spiro atoms. The minimum atomic E-state index is -1.01. The molecular formula is C53H42N2O4. The number of ether oxygens (including phenoxy) is 4. The largest absolute Gasteiger partial charge is 0.497 e. The number of methoxy groups -OCH3 is 3. The number of hydrogen-bond acceptors (Lipinski definition) is 6. The summed E-state index contributed by atoms with van der Waals surface area (Å²) in [5.74, 6) is 3.50. The van der Waals surface area contributed by atoms with Crippen molar-refractivity contribution in [3.63, 3.8) is 0 Å². The lowest BCUT2D eigenvalue weighted by atomic mass is 9.76. The van der Waals surface area contributed by atoms with Crippen molar-refractivity contribution in [2.24, 2.45) is 0 Å². The highest BCUT2D eigenvalue weighted by atomic mass is 16.5. The Morgan fingerprint density at radius 1 is 0.542 bits per heavy atom. The number of benzene rings is 7. The zero-order valence-electron chi connectivity index (χ0n) is 33.6. The Morgan fingerprint density at radius 3 is 1.69 bits per heavy atom. The number of hydrogen-bond donors (Lipinski definition) is 0. The molecule has 1 unspecified atom stereocenters. The predicted octanol–water partition coefficient (Wildman–Crippen LogP) is 12.3. The number of fused-ring (bicyclic) bond motifs is 8. The summed E-state index contributed by atoms with van der Waals surface area (Å²) >= 11 is 0. The van der Waals surface area contributed by atoms with Gasteiger partial charge in [-0.2, -0.15) is 0 Å². The van der Waals surface area contributed by atoms with Gasteiger partial charge in [0.2, 0.25) is 0 Å². The van der Waals surface area contributed by atoms with Gasteiger partial charge in [0.05, 0.1) is 32.7 Å². The third-order valence-electron chi connectivity index (χ3n) is 12.0. The fraction of sp³-hybridized carbons (Fsp3) is 0.132. The van der Waals surface area contributed by atoms with E-state index in [1.54, 1.807) is 21.3 Å². The predicted molar refractivity (Wildman–Crippen MR) is 236 cm³/mol. The second kappa shape index (κ2) is 14.0. The standard InChI is InChI=1S/C53H42N2O4/c1-52(2)43-19-13-12-18-39(43)48-41-30-46(57-4)47(58-5)31-42(41)50-40(49(48)52)28-29-53(59-50,37-24-26-38(56-3)27-25-37)36-22-20-35(21-23-36)51-54-44(33-14-8-6-9-15-33)32-45(55-51)34-16-10-7-11-17-34/h6-32H,1-5H3. The first-order chi connectivity index (χ1) is 28.8. The van der Waals surface area contributed by atoms with Crippen LogP contribution < -0.4 is 18.9 Å². The highest BCUT2D eigenvalue weighted by Crippen LogP contribution is 2.59. The summed E-state index contributed by atoms with van der Waals surface area (Å²) in [6, 6.07) is 52.0. The second-order valence-electron chi connectivity index (χ2n) is 15.6. The van der Waals surface area contributed by atoms with Gasteiger partial charge in [-0.1, -0.05) is 141 Å². The van der Waals surface area contributed by atoms with Gasteiger partial charge in [0.15, 0.2) is 22.9 Å². The van der Waals surface area contributed by atoms with Gasteiger partial charge in [0.1, 0.15) is 11.5 Å². The minimum Gasteiger partial charge on any atom is -0.497 e. The average Bonchev–Trinajstić information content (AvgIpc) is 3.55. The van der Waals surface area contributed by atoms with Gasteiger partial charge in [-0.25, -0.2) is 9.97 Å². The first kappa shape index (κ1) is 36.2. The van der Waals surface area contributed by atoms with Gasteiger partial charge in [-0.15, -0.1) is 0 Å². The van der Waals surface area contributed by atoms with Gasteiger partial charge >= 0.3 is 0 Å². The van der Waals surface area contributed by atoms with Crippen LogP contribution in [0.25, 0.3) is 61.9 Å². The van der Waals surface area contributed by atoms with Crippen molar-refractivity contribution in [3.05, 3.63) is 186 Å². The lowest BCUT2D eigenvalue weighted by molar-refractivity contribution is 0.163. The normalized spacial score (nSPS) is 15.8. The zero-order chi connectivity index (χ0) is 40.3. The van der Waals surface area contributed by atoms with Gasteiger partial charge in [-0.3, -0.25) is 0 Å². The fourth-order valence-corrected chi connectivity index (χ4v) is 9.05. The molecule has 0 fully saturated rings. The molecule has 288 valence electrons. The zero-order valence-corrected chi connectivity index (χ0v) is 33.6. The molecule has 1 aromatic heterocycles. The van der Waals surface area contributed by atoms with Crippen LogP contribution in [-0.2, 0) is 11.0 Å². The van der Waals surface area contributed by atoms with Crippen LogP contribution in [0.5, 0.6) is 23.0 Å². The van der Waals surface area contributed by atoms with Crippen LogP contribution in [-0.4, -0.2) is 31.3 Å². The Balaban J connectivity index is 1.17. The Morgan fingerprint density at radius 2 is 1.10 bits per heavy atom. The maximum atomic E-state index is 7.61. The molecule has 2 heterocycles. The Labute approximate surface area is 344 Å². The summed E-state index contributed by atoms with van der Waals surface area (Å²) < 4.78 is 25.0. The molecule has 0 saturated carbocycles. The number of nitrogens with zero attached hydrogens (tertiary/aromatic N) is 2. The van der Waals surface area contributed by atoms with E-state index in [9.17, 15) is 0 Å². The van der Waals surface area contributed by atoms with E-state index < -0.39 is 5.60 Å². The van der Waals surface area contributed by atoms with Crippen molar-refractivity contribution in [3.8, 4) is 68.0 Å². The van der Waals surface area contributed by atoms with E-state index in [2.05, 4.69) is 129 Å². The highest BCUT2D eigenvalue weighted by Gasteiger charge is 2.44. The molecule has 1 aliphatic heterocycles. The molecule has 0 N–H and O–H groups in total. The van der Waals surface area contributed by atoms with Crippen molar-refractivity contribution in [1.82, 2.24) is 9.97 Å². The van der Waals surface area contributed by atoms with E-state index in [1.807, 2.05) is 48.5 Å². The van der Waals surface area contributed by atoms with E-state index in [1.165, 1.54) is 22.3 Å². The van der Waals surface area contributed by atoms with E-state index in [-0.39, 0.29) is 5.41 Å². The monoisotopic (exact) mass is 770 g/mol. The van der Waals surface area contributed by atoms with Gasteiger partial charge in [0.25, 0.3) is 0 Å². The summed E-state index contributed by atoms with van der Waals surface area (Å²) in [6.45, 7) is 4.61. The summed E-state index contributed by atoms with van der Waals surface area (Å²) in [6.07, 6.45) is 4.47. The van der Waals surface area contributed by atoms with Crippen molar-refractivity contribution in [1.29, 1.82) is 0 Å². The highest BCUT2D eigenvalue weighted by molar-refractivity contribution is 6.09. The average molecular weight is 771 g/mol. The maximum Gasteiger partial charge on any atom is 0.178 e. The fourth-order valence-electron chi connectivity index (χ4n) is 9.05. The van der Waals surface area contributed by atoms with Crippen LogP contribution in [0.1, 0.15) is 41.7 Å². The summed E-state index contributed by atoms with van der Waals surface area (Å²) in [5.41, 5.74) is 11.3. The molecule has 0 radical (unpaired) electrons. The van der Waals surface area contributed by atoms with Crippen molar-refractivity contribution >= 4 is 16.8 Å². The third kappa shape index (κ3) is 5.78. The minimum absolute atomic E-state index is 0.292. The van der Waals surface area contributed by atoms with Crippen LogP contribution in [0, 0.1) is 0 Å². The van der Waals surface area contributed by atoms with Crippen LogP contribution >= 0.6 is 0 Å². The van der Waals surface area contributed by atoms with Gasteiger partial charge < -0.3 is 18.9 Å². The van der Waals surface area contributed by atoms with Crippen LogP contribution in [0.2, 0.25) is 0 Å². The van der Waals surface area contributed by atoms with Crippen LogP contribution in [0.4, 0.5) is 0 Å². The molecule has 7 aromatic carbocycles. The lowest BCUT2D eigenvalue weighted by Crippen LogP contribution is -2.35. The molecule has 0 saturated heterocycles. The molecule has 0 bridgehead atoms. The molecule has 1 atom stereocenters. The lowest BCUT2D eigenvalue weighted by Gasteiger charge is -2.38. The van der Waals surface area contributed by atoms with E-state index in [0.29, 0.717) is 17.3 Å². The van der Waals surface area contributed by atoms with Gasteiger partial charge in [0, 0.05) is 44.2 Å². The van der Waals surface area contributed by atoms with Crippen LogP contribution in [0.15, 0.2) is 158 Å². The molecule has 2 aliphatic rings. The van der Waals surface area contributed by atoms with E-state index >= 15 is 0 Å². The molecular weight excluding hydrogens is 729 g/mol. The molecule has 6 nitrogen and oxygen atoms in total. The van der Waals surface area contributed by atoms with Crippen molar-refractivity contribution in [2.75, 3.05) is 21.3 Å². The van der Waals surface area contributed by atoms with Crippen LogP contribution in [0.3, 0.4) is 0 Å².